The minimum atomic E-state index is -1.06. The number of hydrogen-bond donors (Lipinski definition) is 3. The Morgan fingerprint density at radius 2 is 1.84 bits per heavy atom. The van der Waals surface area contributed by atoms with Gasteiger partial charge in [-0.2, -0.15) is 0 Å². The molecule has 1 amide bonds. The molecule has 2 aromatic carbocycles. The number of fused-ring (bicyclic) bond motifs is 1. The zero-order valence-electron chi connectivity index (χ0n) is 17.1. The van der Waals surface area contributed by atoms with E-state index in [1.54, 1.807) is 13.8 Å². The predicted octanol–water partition coefficient (Wildman–Crippen LogP) is 4.48. The molecule has 1 atom stereocenters. The molecular weight excluding hydrogens is 462 g/mol. The van der Waals surface area contributed by atoms with Crippen LogP contribution < -0.4 is 5.32 Å². The maximum Gasteiger partial charge on any atom is 0.305 e. The lowest BCUT2D eigenvalue weighted by molar-refractivity contribution is -0.136. The van der Waals surface area contributed by atoms with Crippen LogP contribution in [0.2, 0.25) is 10.0 Å². The lowest BCUT2D eigenvalue weighted by Gasteiger charge is -2.13. The lowest BCUT2D eigenvalue weighted by atomic mass is 9.96. The van der Waals surface area contributed by atoms with Crippen molar-refractivity contribution in [3.8, 4) is 5.75 Å². The summed E-state index contributed by atoms with van der Waals surface area (Å²) in [4.78, 5) is 36.6. The van der Waals surface area contributed by atoms with E-state index in [-0.39, 0.29) is 34.1 Å². The molecular formula is C22H19Cl2FN2O5. The van der Waals surface area contributed by atoms with Crippen molar-refractivity contribution in [1.29, 1.82) is 0 Å². The molecule has 0 aliphatic carbocycles. The molecule has 32 heavy (non-hydrogen) atoms. The average Bonchev–Trinajstić information content (AvgIpc) is 2.99. The topological polar surface area (TPSA) is 109 Å². The van der Waals surface area contributed by atoms with Gasteiger partial charge in [-0.15, -0.1) is 0 Å². The third kappa shape index (κ3) is 4.42. The van der Waals surface area contributed by atoms with E-state index in [1.165, 1.54) is 22.8 Å². The Morgan fingerprint density at radius 3 is 2.47 bits per heavy atom. The highest BCUT2D eigenvalue weighted by atomic mass is 35.5. The Kier molecular flexibility index (Phi) is 6.76. The summed E-state index contributed by atoms with van der Waals surface area (Å²) in [7, 11) is 0. The monoisotopic (exact) mass is 480 g/mol. The third-order valence-electron chi connectivity index (χ3n) is 5.16. The number of benzene rings is 2. The predicted molar refractivity (Wildman–Crippen MR) is 118 cm³/mol. The van der Waals surface area contributed by atoms with Gasteiger partial charge < -0.3 is 15.5 Å². The summed E-state index contributed by atoms with van der Waals surface area (Å²) < 4.78 is 15.5. The highest BCUT2D eigenvalue weighted by Gasteiger charge is 2.28. The fourth-order valence-electron chi connectivity index (χ4n) is 3.59. The number of phenolic OH excluding ortho intramolecular Hbond substituents is 1. The number of carbonyl (C=O) groups excluding carboxylic acids is 2. The quantitative estimate of drug-likeness (QED) is 0.481. The van der Waals surface area contributed by atoms with E-state index < -0.39 is 35.3 Å². The normalized spacial score (nSPS) is 12.0. The number of rotatable bonds is 6. The Hall–Kier alpha value is -3.10. The summed E-state index contributed by atoms with van der Waals surface area (Å²) in [5, 5.41) is 22.0. The summed E-state index contributed by atoms with van der Waals surface area (Å²) in [6.45, 7) is 3.10. The van der Waals surface area contributed by atoms with Crippen LogP contribution in [0.1, 0.15) is 40.9 Å². The summed E-state index contributed by atoms with van der Waals surface area (Å²) in [6, 6.07) is 6.50. The molecule has 0 bridgehead atoms. The number of aromatic hydroxyl groups is 1. The molecule has 0 aliphatic heterocycles. The molecule has 1 heterocycles. The molecule has 3 rings (SSSR count). The van der Waals surface area contributed by atoms with Crippen molar-refractivity contribution in [3.63, 3.8) is 0 Å². The standard InChI is InChI=1S/C22H19Cl2FN2O5/c1-10(21(31)26-6-5-19(29)30)20-11(2)27(17-9-16(25)18(28)8-13(17)20)22(32)12-3-4-14(23)15(24)7-12/h3-4,7-10,28H,5-6H2,1-2H3,(H,26,31)(H,29,30)/t10-/m0/s1. The zero-order valence-corrected chi connectivity index (χ0v) is 18.6. The van der Waals surface area contributed by atoms with Gasteiger partial charge in [0.1, 0.15) is 0 Å². The van der Waals surface area contributed by atoms with Crippen LogP contribution in [0, 0.1) is 12.7 Å². The molecule has 7 nitrogen and oxygen atoms in total. The number of nitrogens with zero attached hydrogens (tertiary/aromatic N) is 1. The number of hydrogen-bond acceptors (Lipinski definition) is 4. The first-order valence-corrected chi connectivity index (χ1v) is 10.3. The molecule has 0 spiro atoms. The van der Waals surface area contributed by atoms with Crippen LogP contribution in [0.4, 0.5) is 4.39 Å². The van der Waals surface area contributed by atoms with Crippen LogP contribution in [0.5, 0.6) is 5.75 Å². The molecule has 0 radical (unpaired) electrons. The maximum absolute atomic E-state index is 14.2. The van der Waals surface area contributed by atoms with Crippen molar-refractivity contribution in [2.45, 2.75) is 26.2 Å². The van der Waals surface area contributed by atoms with Crippen LogP contribution >= 0.6 is 23.2 Å². The first-order valence-electron chi connectivity index (χ1n) is 9.55. The first kappa shape index (κ1) is 23.6. The van der Waals surface area contributed by atoms with E-state index in [0.29, 0.717) is 16.6 Å². The highest BCUT2D eigenvalue weighted by Crippen LogP contribution is 2.36. The fraction of sp³-hybridized carbons (Fsp3) is 0.227. The Balaban J connectivity index is 2.14. The maximum atomic E-state index is 14.2. The summed E-state index contributed by atoms with van der Waals surface area (Å²) in [6.07, 6.45) is -0.249. The number of carboxylic acids is 1. The van der Waals surface area contributed by atoms with Gasteiger partial charge in [0, 0.05) is 29.3 Å². The Bertz CT molecular complexity index is 1260. The minimum Gasteiger partial charge on any atom is -0.505 e. The molecule has 3 aromatic rings. The van der Waals surface area contributed by atoms with Gasteiger partial charge in [0.2, 0.25) is 5.91 Å². The molecule has 1 aromatic heterocycles. The molecule has 0 aliphatic rings. The SMILES string of the molecule is Cc1c([C@H](C)C(=O)NCCC(=O)O)c2cc(O)c(F)cc2n1C(=O)c1ccc(Cl)c(Cl)c1. The van der Waals surface area contributed by atoms with E-state index in [0.717, 1.165) is 12.1 Å². The van der Waals surface area contributed by atoms with Crippen molar-refractivity contribution >= 4 is 51.9 Å². The van der Waals surface area contributed by atoms with Gasteiger partial charge >= 0.3 is 5.97 Å². The van der Waals surface area contributed by atoms with Gasteiger partial charge in [0.15, 0.2) is 11.6 Å². The smallest absolute Gasteiger partial charge is 0.305 e. The van der Waals surface area contributed by atoms with E-state index >= 15 is 0 Å². The number of aliphatic carboxylic acids is 1. The molecule has 3 N–H and O–H groups in total. The number of halogens is 3. The van der Waals surface area contributed by atoms with Gasteiger partial charge in [-0.25, -0.2) is 4.39 Å². The fourth-order valence-corrected chi connectivity index (χ4v) is 3.89. The second kappa shape index (κ2) is 9.18. The van der Waals surface area contributed by atoms with Gasteiger partial charge in [-0.05, 0) is 43.7 Å². The molecule has 0 unspecified atom stereocenters. The number of phenols is 1. The summed E-state index contributed by atoms with van der Waals surface area (Å²) >= 11 is 12.0. The van der Waals surface area contributed by atoms with Crippen molar-refractivity contribution in [3.05, 3.63) is 63.0 Å². The van der Waals surface area contributed by atoms with Gasteiger partial charge in [0.05, 0.1) is 27.9 Å². The molecule has 0 saturated heterocycles. The number of carboxylic acid groups (broad SMARTS) is 1. The largest absolute Gasteiger partial charge is 0.505 e. The third-order valence-corrected chi connectivity index (χ3v) is 5.89. The zero-order chi connectivity index (χ0) is 23.7. The van der Waals surface area contributed by atoms with Crippen LogP contribution in [0.3, 0.4) is 0 Å². The van der Waals surface area contributed by atoms with Crippen molar-refractivity contribution in [2.75, 3.05) is 6.54 Å². The van der Waals surface area contributed by atoms with Crippen molar-refractivity contribution in [2.24, 2.45) is 0 Å². The van der Waals surface area contributed by atoms with Gasteiger partial charge in [-0.1, -0.05) is 23.2 Å². The molecule has 10 heteroatoms. The van der Waals surface area contributed by atoms with E-state index in [1.807, 2.05) is 0 Å². The molecule has 168 valence electrons. The second-order valence-corrected chi connectivity index (χ2v) is 8.06. The van der Waals surface area contributed by atoms with Gasteiger partial charge in [-0.3, -0.25) is 19.0 Å². The van der Waals surface area contributed by atoms with Crippen LogP contribution in [0.25, 0.3) is 10.9 Å². The number of amides is 1. The highest BCUT2D eigenvalue weighted by molar-refractivity contribution is 6.42. The summed E-state index contributed by atoms with van der Waals surface area (Å²) in [5.41, 5.74) is 1.12. The van der Waals surface area contributed by atoms with Crippen molar-refractivity contribution in [1.82, 2.24) is 9.88 Å². The molecule has 0 saturated carbocycles. The van der Waals surface area contributed by atoms with Crippen LogP contribution in [0.15, 0.2) is 30.3 Å². The first-order chi connectivity index (χ1) is 15.0. The van der Waals surface area contributed by atoms with Crippen molar-refractivity contribution < 1.29 is 29.0 Å². The number of nitrogens with one attached hydrogen (secondary N) is 1. The van der Waals surface area contributed by atoms with Crippen LogP contribution in [-0.2, 0) is 9.59 Å². The average molecular weight is 481 g/mol. The van der Waals surface area contributed by atoms with Gasteiger partial charge in [0.25, 0.3) is 5.91 Å². The Morgan fingerprint density at radius 1 is 1.16 bits per heavy atom. The van der Waals surface area contributed by atoms with Crippen LogP contribution in [-0.4, -0.2) is 39.1 Å². The minimum absolute atomic E-state index is 0.0712. The number of carbonyl (C=O) groups is 3. The second-order valence-electron chi connectivity index (χ2n) is 7.25. The molecule has 0 fully saturated rings. The summed E-state index contributed by atoms with van der Waals surface area (Å²) in [5.74, 6) is -4.43. The van der Waals surface area contributed by atoms with E-state index in [2.05, 4.69) is 5.32 Å². The van der Waals surface area contributed by atoms with E-state index in [9.17, 15) is 23.9 Å². The van der Waals surface area contributed by atoms with E-state index in [4.69, 9.17) is 28.3 Å². The Labute approximate surface area is 192 Å². The number of aromatic nitrogens is 1. The lowest BCUT2D eigenvalue weighted by Crippen LogP contribution is -2.30.